The minimum absolute atomic E-state index is 0.0423. The zero-order valence-electron chi connectivity index (χ0n) is 57.7. The number of sulfonamides is 1. The fourth-order valence-corrected chi connectivity index (χ4v) is 10.3. The Kier molecular flexibility index (Phi) is 32.0. The molecule has 5 aliphatic rings. The van der Waals surface area contributed by atoms with Gasteiger partial charge < -0.3 is 50.6 Å². The number of nitrogens with two attached hydrogens (primary N) is 3. The molecule has 5 saturated carbocycles. The Hall–Kier alpha value is -10.1. The Balaban J connectivity index is 0.000000197. The molecule has 13 rings (SSSR count). The molecular weight excluding hydrogens is 1420 g/mol. The highest BCUT2D eigenvalue weighted by molar-refractivity contribution is 8.13. The van der Waals surface area contributed by atoms with Crippen LogP contribution in [0.5, 0.6) is 0 Å². The number of aromatic nitrogens is 4. The zero-order chi connectivity index (χ0) is 76.2. The van der Waals surface area contributed by atoms with Crippen LogP contribution in [-0.4, -0.2) is 131 Å². The molecule has 0 saturated heterocycles. The van der Waals surface area contributed by atoms with Crippen molar-refractivity contribution < 1.29 is 68.2 Å². The number of ketones is 1. The molecular formula is C71H83ClN14O15S3. The molecule has 4 aromatic carbocycles. The van der Waals surface area contributed by atoms with Gasteiger partial charge in [0, 0.05) is 107 Å². The minimum Gasteiger partial charge on any atom is -0.476 e. The van der Waals surface area contributed by atoms with Crippen LogP contribution in [0.4, 0.5) is 0 Å². The highest BCUT2D eigenvalue weighted by Crippen LogP contribution is 2.31. The number of benzene rings is 4. The average Bonchev–Trinajstić information content (AvgIpc) is 1.59. The summed E-state index contributed by atoms with van der Waals surface area (Å²) in [6.45, 7) is 6.61. The lowest BCUT2D eigenvalue weighted by molar-refractivity contribution is -0.125. The normalized spacial score (nSPS) is 19.8. The van der Waals surface area contributed by atoms with Crippen LogP contribution < -0.4 is 37.3 Å². The van der Waals surface area contributed by atoms with Gasteiger partial charge in [-0.25, -0.2) is 30.6 Å². The molecule has 8 aromatic rings. The third-order valence-corrected chi connectivity index (χ3v) is 17.9. The Morgan fingerprint density at radius 2 is 0.837 bits per heavy atom. The maximum atomic E-state index is 12.2. The summed E-state index contributed by atoms with van der Waals surface area (Å²) >= 11 is 0. The van der Waals surface area contributed by atoms with Crippen molar-refractivity contribution in [2.45, 2.75) is 114 Å². The van der Waals surface area contributed by atoms with Gasteiger partial charge in [-0.05, 0) is 90.5 Å². The number of halogens is 1. The summed E-state index contributed by atoms with van der Waals surface area (Å²) in [5.41, 5.74) is 15.2. The Labute approximate surface area is 609 Å². The third-order valence-electron chi connectivity index (χ3n) is 16.0. The highest BCUT2D eigenvalue weighted by atomic mass is 35.7. The number of carboxylic acids is 1. The number of carbonyl (C=O) groups excluding carboxylic acids is 4. The number of nitrogens with zero attached hydrogens (tertiary/aromatic N) is 7. The number of Topliss-reactive ketones (excluding diaryl/α,β-unsaturated/α-hetero) is 1. The summed E-state index contributed by atoms with van der Waals surface area (Å²) < 4.78 is 74.0. The van der Waals surface area contributed by atoms with Gasteiger partial charge in [-0.15, -0.1) is 0 Å². The van der Waals surface area contributed by atoms with E-state index in [1.807, 2.05) is 148 Å². The minimum atomic E-state index is -3.19. The van der Waals surface area contributed by atoms with Gasteiger partial charge in [-0.3, -0.25) is 24.3 Å². The van der Waals surface area contributed by atoms with Crippen LogP contribution in [0.1, 0.15) is 127 Å². The first-order valence-electron chi connectivity index (χ1n) is 32.7. The average molecular weight is 1500 g/mol. The van der Waals surface area contributed by atoms with Crippen LogP contribution >= 0.6 is 10.7 Å². The van der Waals surface area contributed by atoms with Crippen molar-refractivity contribution in [1.29, 1.82) is 15.8 Å². The summed E-state index contributed by atoms with van der Waals surface area (Å²) in [6, 6.07) is 51.1. The number of hydrogen-bond donors (Lipinski definition) is 8. The van der Waals surface area contributed by atoms with Crippen LogP contribution in [-0.2, 0) is 34.9 Å². The van der Waals surface area contributed by atoms with Gasteiger partial charge in [0.15, 0.2) is 45.8 Å². The first-order valence-corrected chi connectivity index (χ1v) is 38.5. The lowest BCUT2D eigenvalue weighted by Gasteiger charge is -2.35. The number of aromatic carboxylic acids is 1. The summed E-state index contributed by atoms with van der Waals surface area (Å²) in [7, 11) is -3.04. The molecule has 1 atom stereocenters. The van der Waals surface area contributed by atoms with E-state index in [0.29, 0.717) is 79.5 Å². The van der Waals surface area contributed by atoms with E-state index in [1.54, 1.807) is 18.2 Å². The molecule has 5 aliphatic carbocycles. The van der Waals surface area contributed by atoms with Gasteiger partial charge in [0.05, 0.1) is 58.3 Å². The molecule has 0 spiro atoms. The number of carbonyl (C=O) groups is 5. The topological polar surface area (TPSA) is 493 Å². The van der Waals surface area contributed by atoms with Crippen molar-refractivity contribution in [2.24, 2.45) is 46.2 Å². The van der Waals surface area contributed by atoms with Gasteiger partial charge >= 0.3 is 5.97 Å². The predicted octanol–water partition coefficient (Wildman–Crippen LogP) is 8.95. The molecule has 3 amide bonds. The molecule has 4 aromatic heterocycles. The molecule has 33 heteroatoms. The molecule has 552 valence electrons. The quantitative estimate of drug-likeness (QED) is 0.0444. The van der Waals surface area contributed by atoms with E-state index >= 15 is 0 Å². The largest absolute Gasteiger partial charge is 0.476 e. The zero-order valence-corrected chi connectivity index (χ0v) is 60.9. The van der Waals surface area contributed by atoms with Crippen molar-refractivity contribution in [2.75, 3.05) is 25.6 Å². The summed E-state index contributed by atoms with van der Waals surface area (Å²) in [5.74, 6) is 1.78. The molecule has 0 radical (unpaired) electrons. The van der Waals surface area contributed by atoms with Gasteiger partial charge in [-0.2, -0.15) is 15.8 Å². The summed E-state index contributed by atoms with van der Waals surface area (Å²) in [4.78, 5) is 56.8. The molecule has 11 N–H and O–H groups in total. The van der Waals surface area contributed by atoms with E-state index in [0.717, 1.165) is 73.3 Å². The fraction of sp³-hybridized carbons (Fsp3) is 0.380. The van der Waals surface area contributed by atoms with Crippen LogP contribution in [0.3, 0.4) is 0 Å². The first-order chi connectivity index (χ1) is 49.3. The van der Waals surface area contributed by atoms with Crippen molar-refractivity contribution in [3.8, 4) is 63.5 Å². The molecule has 104 heavy (non-hydrogen) atoms. The molecule has 4 heterocycles. The molecule has 0 bridgehead atoms. The SMILES string of the molecule is CC(C)(C)S(N)=O.CS(=O)(=O)Cl.CS(=O)(=O)NCC1CC(NC(=O)c2cc(-c3ccccc3)on2)C1.N#CC1CC(=O)C1.N#CC1CC(N)C1.N#CC1CC(NC(=O)c2cc(-c3ccccc3)on2)C1.NCC1CC(NC(=O)c2cc(-c3ccccc3)on2)C1.O=C(O)c1cc(-c2ccccc2)on1. The van der Waals surface area contributed by atoms with E-state index < -0.39 is 36.0 Å². The third kappa shape index (κ3) is 29.0. The molecule has 1 unspecified atom stereocenters. The van der Waals surface area contributed by atoms with E-state index in [4.69, 9.17) is 55.6 Å². The second-order valence-electron chi connectivity index (χ2n) is 25.8. The lowest BCUT2D eigenvalue weighted by Crippen LogP contribution is -2.47. The predicted molar refractivity (Wildman–Crippen MR) is 387 cm³/mol. The van der Waals surface area contributed by atoms with Crippen molar-refractivity contribution in [1.82, 2.24) is 41.3 Å². The lowest BCUT2D eigenvalue weighted by atomic mass is 9.80. The Morgan fingerprint density at radius 3 is 1.08 bits per heavy atom. The Morgan fingerprint density at radius 1 is 0.548 bits per heavy atom. The maximum Gasteiger partial charge on any atom is 0.358 e. The second-order valence-corrected chi connectivity index (χ2v) is 32.5. The van der Waals surface area contributed by atoms with Crippen LogP contribution in [0.15, 0.2) is 164 Å². The number of nitrogens with one attached hydrogen (secondary N) is 4. The van der Waals surface area contributed by atoms with Gasteiger partial charge in [0.1, 0.15) is 5.78 Å². The fourth-order valence-electron chi connectivity index (χ4n) is 9.78. The van der Waals surface area contributed by atoms with Crippen molar-refractivity contribution in [3.63, 3.8) is 0 Å². The standard InChI is InChI=1S/C16H19N3O4S.C15H17N3O2.C15H13N3O2.C10H7NO3.C5H8N2.C5H5NO.C4H11NOS.CH3ClO2S/c1-24(21,22)17-10-11-7-13(8-11)18-16(20)14-9-15(23-19-14)12-5-3-2-4-6-12;2*16-9-10-6-12(7-10)17-15(19)13-8-14(20-18-13)11-4-2-1-3-5-11;12-10(13)8-6-9(14-11-8)7-4-2-1-3-5-7;2*6-3-4-1-5(7)2-4;1-4(2,3)7(5)6;1-5(2,3)4/h2-6,9,11,13,17H,7-8,10H2,1H3,(H,18,20);1-5,8,10,12H,6-7,9,16H2,(H,17,19);1-5,8,10,12H,6-7H2,(H,17,19);1-6H,(H,12,13);4-5H,1-2,7H2;4H,1-2H2;5H2,1-3H3;1H3. The summed E-state index contributed by atoms with van der Waals surface area (Å²) in [5, 5.41) is 62.2. The van der Waals surface area contributed by atoms with Gasteiger partial charge in [-0.1, -0.05) is 142 Å². The van der Waals surface area contributed by atoms with E-state index in [1.165, 1.54) is 6.07 Å². The molecule has 29 nitrogen and oxygen atoms in total. The monoisotopic (exact) mass is 1500 g/mol. The van der Waals surface area contributed by atoms with Crippen LogP contribution in [0.2, 0.25) is 0 Å². The molecule has 5 fully saturated rings. The van der Waals surface area contributed by atoms with Crippen molar-refractivity contribution in [3.05, 3.63) is 168 Å². The second kappa shape index (κ2) is 40.1. The van der Waals surface area contributed by atoms with Crippen LogP contribution in [0, 0.1) is 63.6 Å². The Bertz CT molecular complexity index is 4460. The number of hydrogen-bond acceptors (Lipinski definition) is 23. The molecule has 0 aliphatic heterocycles. The van der Waals surface area contributed by atoms with E-state index in [-0.39, 0.29) is 87.1 Å². The van der Waals surface area contributed by atoms with Gasteiger partial charge in [0.25, 0.3) is 17.7 Å². The van der Waals surface area contributed by atoms with E-state index in [9.17, 15) is 45.0 Å². The number of nitriles is 3. The van der Waals surface area contributed by atoms with E-state index in [2.05, 4.69) is 64.1 Å². The number of rotatable bonds is 15. The smallest absolute Gasteiger partial charge is 0.358 e. The van der Waals surface area contributed by atoms with Crippen LogP contribution in [0.25, 0.3) is 45.3 Å². The van der Waals surface area contributed by atoms with Crippen molar-refractivity contribution >= 4 is 70.2 Å². The van der Waals surface area contributed by atoms with Gasteiger partial charge in [0.2, 0.25) is 19.1 Å². The maximum absolute atomic E-state index is 12.2. The summed E-state index contributed by atoms with van der Waals surface area (Å²) in [6.07, 6.45) is 9.71. The first kappa shape index (κ1) is 82.9. The number of amides is 3. The highest BCUT2D eigenvalue weighted by Gasteiger charge is 2.34. The number of carboxylic acid groups (broad SMARTS) is 1.